The van der Waals surface area contributed by atoms with Crippen molar-refractivity contribution in [3.05, 3.63) is 77.5 Å². The summed E-state index contributed by atoms with van der Waals surface area (Å²) >= 11 is 0. The molecular weight excluding hydrogens is 453 g/mol. The number of carbonyl (C=O) groups excluding carboxylic acids is 3. The number of nitrogens with zero attached hydrogens (tertiary/aromatic N) is 3. The molecule has 2 N–H and O–H groups in total. The molecule has 0 radical (unpaired) electrons. The van der Waals surface area contributed by atoms with Crippen LogP contribution in [0.1, 0.15) is 52.1 Å². The third kappa shape index (κ3) is 4.43. The van der Waals surface area contributed by atoms with Crippen LogP contribution in [0.4, 0.5) is 4.39 Å². The molecule has 1 aliphatic heterocycles. The van der Waals surface area contributed by atoms with Gasteiger partial charge in [-0.2, -0.15) is 0 Å². The van der Waals surface area contributed by atoms with Crippen LogP contribution in [-0.4, -0.2) is 50.3 Å². The summed E-state index contributed by atoms with van der Waals surface area (Å²) in [6.07, 6.45) is 5.12. The quantitative estimate of drug-likeness (QED) is 0.515. The predicted molar refractivity (Wildman–Crippen MR) is 123 cm³/mol. The molecule has 0 spiro atoms. The predicted octanol–water partition coefficient (Wildman–Crippen LogP) is 2.28. The third-order valence-corrected chi connectivity index (χ3v) is 6.49. The molecule has 10 heteroatoms. The van der Waals surface area contributed by atoms with Crippen molar-refractivity contribution in [3.63, 3.8) is 0 Å². The molecule has 2 aromatic heterocycles. The van der Waals surface area contributed by atoms with Gasteiger partial charge in [0.15, 0.2) is 5.69 Å². The molecule has 182 valence electrons. The summed E-state index contributed by atoms with van der Waals surface area (Å²) in [5.74, 6) is -0.745. The monoisotopic (exact) mass is 479 g/mol. The first-order valence-electron chi connectivity index (χ1n) is 11.6. The van der Waals surface area contributed by atoms with Gasteiger partial charge in [-0.15, -0.1) is 0 Å². The molecule has 5 rings (SSSR count). The van der Waals surface area contributed by atoms with E-state index >= 15 is 0 Å². The number of imidazole rings is 1. The zero-order valence-electron chi connectivity index (χ0n) is 19.3. The second kappa shape index (κ2) is 9.01. The maximum Gasteiger partial charge on any atom is 0.274 e. The Kier molecular flexibility index (Phi) is 5.88. The van der Waals surface area contributed by atoms with Crippen molar-refractivity contribution < 1.29 is 23.2 Å². The molecule has 3 heterocycles. The summed E-state index contributed by atoms with van der Waals surface area (Å²) in [5, 5.41) is 5.67. The highest BCUT2D eigenvalue weighted by atomic mass is 19.1. The number of benzene rings is 1. The first-order chi connectivity index (χ1) is 16.9. The van der Waals surface area contributed by atoms with Crippen molar-refractivity contribution in [2.45, 2.75) is 50.9 Å². The Balaban J connectivity index is 1.33. The minimum atomic E-state index is -1.15. The zero-order chi connectivity index (χ0) is 24.6. The Bertz CT molecular complexity index is 1250. The summed E-state index contributed by atoms with van der Waals surface area (Å²) in [6, 6.07) is 9.42. The van der Waals surface area contributed by atoms with Gasteiger partial charge in [-0.25, -0.2) is 9.37 Å². The molecule has 9 nitrogen and oxygen atoms in total. The second-order valence-corrected chi connectivity index (χ2v) is 9.14. The molecule has 0 bridgehead atoms. The van der Waals surface area contributed by atoms with Crippen LogP contribution in [0.15, 0.2) is 53.4 Å². The number of fused-ring (bicyclic) bond motifs is 1. The van der Waals surface area contributed by atoms with Crippen molar-refractivity contribution in [3.8, 4) is 0 Å². The number of carbonyl (C=O) groups is 3. The average molecular weight is 480 g/mol. The van der Waals surface area contributed by atoms with Crippen molar-refractivity contribution in [1.29, 1.82) is 0 Å². The summed E-state index contributed by atoms with van der Waals surface area (Å²) in [4.78, 5) is 45.6. The highest BCUT2D eigenvalue weighted by Crippen LogP contribution is 2.38. The fourth-order valence-corrected chi connectivity index (χ4v) is 4.53. The molecular formula is C25H26FN5O4. The fourth-order valence-electron chi connectivity index (χ4n) is 4.53. The topological polar surface area (TPSA) is 109 Å². The lowest BCUT2D eigenvalue weighted by Gasteiger charge is -2.44. The van der Waals surface area contributed by atoms with Crippen LogP contribution >= 0.6 is 0 Å². The number of hydrogen-bond acceptors (Lipinski definition) is 5. The van der Waals surface area contributed by atoms with Crippen LogP contribution in [-0.2, 0) is 24.3 Å². The van der Waals surface area contributed by atoms with Gasteiger partial charge in [0.25, 0.3) is 11.8 Å². The maximum atomic E-state index is 13.6. The van der Waals surface area contributed by atoms with Gasteiger partial charge in [0.2, 0.25) is 5.91 Å². The molecule has 1 aliphatic carbocycles. The van der Waals surface area contributed by atoms with Gasteiger partial charge in [-0.1, -0.05) is 12.1 Å². The van der Waals surface area contributed by atoms with E-state index in [1.54, 1.807) is 40.9 Å². The summed E-state index contributed by atoms with van der Waals surface area (Å²) in [7, 11) is 0. The molecule has 35 heavy (non-hydrogen) atoms. The lowest BCUT2D eigenvalue weighted by atomic mass is 9.93. The Hall–Kier alpha value is -3.95. The Labute approximate surface area is 201 Å². The Morgan fingerprint density at radius 2 is 1.97 bits per heavy atom. The molecule has 3 amide bonds. The molecule has 3 aromatic rings. The SMILES string of the molecule is C[C@]1(C(=O)NCc2ccc(F)cc2)Cn2cnc(C(=O)NCCc3ccco3)c2C(=O)N1C1CC1. The first kappa shape index (κ1) is 22.8. The highest BCUT2D eigenvalue weighted by Gasteiger charge is 2.53. The molecule has 1 fully saturated rings. The van der Waals surface area contributed by atoms with Gasteiger partial charge >= 0.3 is 0 Å². The summed E-state index contributed by atoms with van der Waals surface area (Å²) in [5.41, 5.74) is -0.163. The summed E-state index contributed by atoms with van der Waals surface area (Å²) < 4.78 is 20.0. The van der Waals surface area contributed by atoms with Crippen LogP contribution < -0.4 is 10.6 Å². The molecule has 2 aliphatic rings. The normalized spacial score (nSPS) is 19.4. The standard InChI is InChI=1S/C25H26FN5O4/c1-25(24(34)28-13-16-4-6-17(26)7-5-16)14-30-15-29-20(21(30)23(33)31(25)18-8-9-18)22(32)27-11-10-19-3-2-12-35-19/h2-7,12,15,18H,8-11,13-14H2,1H3,(H,27,32)(H,28,34)/t25-/m1/s1. The van der Waals surface area contributed by atoms with Crippen LogP contribution in [0.2, 0.25) is 0 Å². The van der Waals surface area contributed by atoms with Crippen molar-refractivity contribution in [2.75, 3.05) is 6.54 Å². The van der Waals surface area contributed by atoms with E-state index in [0.717, 1.165) is 24.2 Å². The largest absolute Gasteiger partial charge is 0.469 e. The van der Waals surface area contributed by atoms with Crippen LogP contribution in [0.5, 0.6) is 0 Å². The number of rotatable bonds is 8. The van der Waals surface area contributed by atoms with E-state index in [1.807, 2.05) is 6.07 Å². The number of aromatic nitrogens is 2. The minimum Gasteiger partial charge on any atom is -0.469 e. The van der Waals surface area contributed by atoms with E-state index in [4.69, 9.17) is 4.42 Å². The molecule has 0 unspecified atom stereocenters. The van der Waals surface area contributed by atoms with E-state index in [-0.39, 0.29) is 48.2 Å². The van der Waals surface area contributed by atoms with E-state index < -0.39 is 11.4 Å². The van der Waals surface area contributed by atoms with Crippen molar-refractivity contribution >= 4 is 17.7 Å². The van der Waals surface area contributed by atoms with Gasteiger partial charge in [0.05, 0.1) is 19.1 Å². The smallest absolute Gasteiger partial charge is 0.274 e. The molecule has 1 aromatic carbocycles. The highest BCUT2D eigenvalue weighted by molar-refractivity contribution is 6.07. The van der Waals surface area contributed by atoms with Crippen molar-refractivity contribution in [1.82, 2.24) is 25.1 Å². The first-order valence-corrected chi connectivity index (χ1v) is 11.6. The van der Waals surface area contributed by atoms with Gasteiger partial charge in [-0.3, -0.25) is 14.4 Å². The van der Waals surface area contributed by atoms with Crippen LogP contribution in [0, 0.1) is 5.82 Å². The van der Waals surface area contributed by atoms with Crippen molar-refractivity contribution in [2.24, 2.45) is 0 Å². The Morgan fingerprint density at radius 3 is 2.66 bits per heavy atom. The fraction of sp³-hybridized carbons (Fsp3) is 0.360. The number of hydrogen-bond donors (Lipinski definition) is 2. The van der Waals surface area contributed by atoms with E-state index in [0.29, 0.717) is 13.0 Å². The number of halogens is 1. The number of amides is 3. The van der Waals surface area contributed by atoms with E-state index in [9.17, 15) is 18.8 Å². The van der Waals surface area contributed by atoms with Gasteiger partial charge in [0.1, 0.15) is 22.8 Å². The van der Waals surface area contributed by atoms with Crippen LogP contribution in [0.3, 0.4) is 0 Å². The maximum absolute atomic E-state index is 13.6. The van der Waals surface area contributed by atoms with Gasteiger partial charge in [-0.05, 0) is 49.6 Å². The molecule has 0 saturated heterocycles. The summed E-state index contributed by atoms with van der Waals surface area (Å²) in [6.45, 7) is 2.45. The molecule has 1 atom stereocenters. The van der Waals surface area contributed by atoms with E-state index in [2.05, 4.69) is 15.6 Å². The third-order valence-electron chi connectivity index (χ3n) is 6.49. The lowest BCUT2D eigenvalue weighted by Crippen LogP contribution is -2.64. The van der Waals surface area contributed by atoms with Gasteiger partial charge in [0, 0.05) is 25.6 Å². The number of furan rings is 1. The average Bonchev–Trinajstić information content (AvgIpc) is 3.35. The minimum absolute atomic E-state index is 0.0499. The van der Waals surface area contributed by atoms with Crippen LogP contribution in [0.25, 0.3) is 0 Å². The second-order valence-electron chi connectivity index (χ2n) is 9.14. The number of nitrogens with one attached hydrogen (secondary N) is 2. The lowest BCUT2D eigenvalue weighted by molar-refractivity contribution is -0.133. The zero-order valence-corrected chi connectivity index (χ0v) is 19.3. The van der Waals surface area contributed by atoms with E-state index in [1.165, 1.54) is 18.5 Å². The Morgan fingerprint density at radius 1 is 1.20 bits per heavy atom. The molecule has 1 saturated carbocycles. The van der Waals surface area contributed by atoms with Gasteiger partial charge < -0.3 is 24.5 Å².